The molecule has 2 aromatic carbocycles. The van der Waals surface area contributed by atoms with E-state index in [1.54, 1.807) is 6.07 Å². The molecule has 0 aliphatic heterocycles. The Bertz CT molecular complexity index is 827. The van der Waals surface area contributed by atoms with Crippen molar-refractivity contribution in [3.63, 3.8) is 0 Å². The fraction of sp³-hybridized carbons (Fsp3) is 0. The van der Waals surface area contributed by atoms with Crippen LogP contribution in [0.15, 0.2) is 36.4 Å². The molecule has 0 saturated heterocycles. The summed E-state index contributed by atoms with van der Waals surface area (Å²) < 4.78 is 41.0. The third kappa shape index (κ3) is 2.47. The van der Waals surface area contributed by atoms with E-state index in [-0.39, 0.29) is 10.6 Å². The van der Waals surface area contributed by atoms with Crippen LogP contribution in [-0.2, 0) is 0 Å². The van der Waals surface area contributed by atoms with Crippen LogP contribution >= 0.6 is 11.3 Å². The van der Waals surface area contributed by atoms with Gasteiger partial charge in [-0.25, -0.2) is 18.2 Å². The van der Waals surface area contributed by atoms with Crippen LogP contribution in [0.2, 0.25) is 0 Å². The zero-order valence-corrected chi connectivity index (χ0v) is 11.2. The second-order valence-corrected chi connectivity index (χ2v) is 5.19. The van der Waals surface area contributed by atoms with Crippen LogP contribution in [0.3, 0.4) is 0 Å². The first-order valence-electron chi connectivity index (χ1n) is 5.86. The number of nitrogens with zero attached hydrogens (tertiary/aromatic N) is 1. The van der Waals surface area contributed by atoms with Crippen LogP contribution in [-0.4, -0.2) is 10.9 Å². The third-order valence-corrected chi connectivity index (χ3v) is 3.72. The van der Waals surface area contributed by atoms with Gasteiger partial charge >= 0.3 is 0 Å². The van der Waals surface area contributed by atoms with Crippen molar-refractivity contribution in [1.82, 2.24) is 4.98 Å². The molecule has 0 unspecified atom stereocenters. The Morgan fingerprint density at radius 1 is 1.00 bits per heavy atom. The van der Waals surface area contributed by atoms with Crippen molar-refractivity contribution < 1.29 is 18.0 Å². The molecular formula is C14H7F3N2OS. The number of benzene rings is 2. The predicted molar refractivity (Wildman–Crippen MR) is 73.9 cm³/mol. The summed E-state index contributed by atoms with van der Waals surface area (Å²) in [5.41, 5.74) is -0.593. The highest BCUT2D eigenvalue weighted by Crippen LogP contribution is 2.28. The van der Waals surface area contributed by atoms with Gasteiger partial charge in [0.15, 0.2) is 5.13 Å². The van der Waals surface area contributed by atoms with Gasteiger partial charge in [-0.05, 0) is 24.3 Å². The SMILES string of the molecule is O=C(Nc1nc2c(F)cccc2s1)c1c(F)cccc1F. The minimum Gasteiger partial charge on any atom is -0.298 e. The first-order valence-corrected chi connectivity index (χ1v) is 6.68. The molecule has 1 N–H and O–H groups in total. The molecule has 1 amide bonds. The van der Waals surface area contributed by atoms with E-state index >= 15 is 0 Å². The van der Waals surface area contributed by atoms with Gasteiger partial charge in [-0.1, -0.05) is 23.5 Å². The maximum atomic E-state index is 13.5. The fourth-order valence-corrected chi connectivity index (χ4v) is 2.72. The lowest BCUT2D eigenvalue weighted by Gasteiger charge is -2.03. The van der Waals surface area contributed by atoms with Crippen LogP contribution < -0.4 is 5.32 Å². The molecule has 3 nitrogen and oxygen atoms in total. The molecule has 0 radical (unpaired) electrons. The maximum Gasteiger partial charge on any atom is 0.263 e. The standard InChI is InChI=1S/C14H7F3N2OS/c15-7-3-1-4-8(16)11(7)13(20)19-14-18-12-9(17)5-2-6-10(12)21-14/h1-6H,(H,18,19,20). The normalized spacial score (nSPS) is 10.8. The molecule has 0 aliphatic carbocycles. The molecule has 0 aliphatic rings. The van der Waals surface area contributed by atoms with Gasteiger partial charge in [-0.15, -0.1) is 0 Å². The van der Waals surface area contributed by atoms with E-state index < -0.39 is 28.9 Å². The minimum atomic E-state index is -0.972. The Kier molecular flexibility index (Phi) is 3.34. The summed E-state index contributed by atoms with van der Waals surface area (Å²) >= 11 is 1.02. The number of hydrogen-bond donors (Lipinski definition) is 1. The van der Waals surface area contributed by atoms with Gasteiger partial charge in [-0.2, -0.15) is 0 Å². The van der Waals surface area contributed by atoms with Gasteiger partial charge in [0.25, 0.3) is 5.91 Å². The molecule has 0 fully saturated rings. The maximum absolute atomic E-state index is 13.5. The Labute approximate surface area is 121 Å². The summed E-state index contributed by atoms with van der Waals surface area (Å²) in [6, 6.07) is 7.51. The fourth-order valence-electron chi connectivity index (χ4n) is 1.84. The van der Waals surface area contributed by atoms with Crippen LogP contribution in [0.5, 0.6) is 0 Å². The number of amides is 1. The average molecular weight is 308 g/mol. The van der Waals surface area contributed by atoms with Gasteiger partial charge in [-0.3, -0.25) is 10.1 Å². The number of nitrogens with one attached hydrogen (secondary N) is 1. The molecule has 0 saturated carbocycles. The summed E-state index contributed by atoms with van der Waals surface area (Å²) in [5.74, 6) is -3.44. The van der Waals surface area contributed by atoms with E-state index in [1.807, 2.05) is 0 Å². The molecule has 0 bridgehead atoms. The first kappa shape index (κ1) is 13.6. The van der Waals surface area contributed by atoms with Gasteiger partial charge in [0.05, 0.1) is 4.70 Å². The van der Waals surface area contributed by atoms with Crippen molar-refractivity contribution in [1.29, 1.82) is 0 Å². The molecule has 106 valence electrons. The van der Waals surface area contributed by atoms with E-state index in [0.717, 1.165) is 29.5 Å². The number of carbonyl (C=O) groups excluding carboxylic acids is 1. The number of hydrogen-bond acceptors (Lipinski definition) is 3. The number of halogens is 3. The van der Waals surface area contributed by atoms with Gasteiger partial charge in [0, 0.05) is 0 Å². The number of rotatable bonds is 2. The molecule has 0 atom stereocenters. The smallest absolute Gasteiger partial charge is 0.263 e. The van der Waals surface area contributed by atoms with E-state index in [1.165, 1.54) is 12.1 Å². The zero-order valence-electron chi connectivity index (χ0n) is 10.4. The molecule has 3 aromatic rings. The van der Waals surface area contributed by atoms with Crippen LogP contribution in [0.25, 0.3) is 10.2 Å². The van der Waals surface area contributed by atoms with Gasteiger partial charge in [0.2, 0.25) is 0 Å². The first-order chi connectivity index (χ1) is 10.1. The van der Waals surface area contributed by atoms with E-state index in [4.69, 9.17) is 0 Å². The highest BCUT2D eigenvalue weighted by atomic mass is 32.1. The van der Waals surface area contributed by atoms with Crippen LogP contribution in [0.4, 0.5) is 18.3 Å². The quantitative estimate of drug-likeness (QED) is 0.778. The Morgan fingerprint density at radius 2 is 1.62 bits per heavy atom. The second kappa shape index (κ2) is 5.17. The summed E-state index contributed by atoms with van der Waals surface area (Å²) in [6.45, 7) is 0. The number of fused-ring (bicyclic) bond motifs is 1. The Balaban J connectivity index is 1.95. The molecule has 21 heavy (non-hydrogen) atoms. The molecule has 1 aromatic heterocycles. The Morgan fingerprint density at radius 3 is 2.29 bits per heavy atom. The molecule has 7 heteroatoms. The van der Waals surface area contributed by atoms with E-state index in [0.29, 0.717) is 4.70 Å². The zero-order chi connectivity index (χ0) is 15.0. The number of thiazole rings is 1. The third-order valence-electron chi connectivity index (χ3n) is 2.78. The summed E-state index contributed by atoms with van der Waals surface area (Å²) in [7, 11) is 0. The highest BCUT2D eigenvalue weighted by Gasteiger charge is 2.18. The lowest BCUT2D eigenvalue weighted by atomic mass is 10.2. The number of para-hydroxylation sites is 1. The lowest BCUT2D eigenvalue weighted by Crippen LogP contribution is -2.15. The molecule has 1 heterocycles. The van der Waals surface area contributed by atoms with Crippen molar-refractivity contribution >= 4 is 32.6 Å². The number of anilines is 1. The van der Waals surface area contributed by atoms with Gasteiger partial charge in [0.1, 0.15) is 28.5 Å². The topological polar surface area (TPSA) is 42.0 Å². The van der Waals surface area contributed by atoms with Crippen molar-refractivity contribution in [2.45, 2.75) is 0 Å². The predicted octanol–water partition coefficient (Wildman–Crippen LogP) is 3.97. The van der Waals surface area contributed by atoms with Crippen molar-refractivity contribution in [2.24, 2.45) is 0 Å². The average Bonchev–Trinajstić information content (AvgIpc) is 2.82. The van der Waals surface area contributed by atoms with Crippen LogP contribution in [0.1, 0.15) is 10.4 Å². The van der Waals surface area contributed by atoms with E-state index in [9.17, 15) is 18.0 Å². The summed E-state index contributed by atoms with van der Waals surface area (Å²) in [4.78, 5) is 15.8. The van der Waals surface area contributed by atoms with Crippen molar-refractivity contribution in [2.75, 3.05) is 5.32 Å². The van der Waals surface area contributed by atoms with Crippen LogP contribution in [0, 0.1) is 17.5 Å². The number of carbonyl (C=O) groups is 1. The highest BCUT2D eigenvalue weighted by molar-refractivity contribution is 7.22. The second-order valence-electron chi connectivity index (χ2n) is 4.16. The van der Waals surface area contributed by atoms with Crippen molar-refractivity contribution in [3.8, 4) is 0 Å². The number of aromatic nitrogens is 1. The molecule has 0 spiro atoms. The Hall–Kier alpha value is -2.41. The minimum absolute atomic E-state index is 0.0720. The lowest BCUT2D eigenvalue weighted by molar-refractivity contribution is 0.101. The summed E-state index contributed by atoms with van der Waals surface area (Å²) in [5, 5.41) is 2.35. The van der Waals surface area contributed by atoms with Gasteiger partial charge < -0.3 is 0 Å². The largest absolute Gasteiger partial charge is 0.298 e. The summed E-state index contributed by atoms with van der Waals surface area (Å²) in [6.07, 6.45) is 0. The molecular weight excluding hydrogens is 301 g/mol. The van der Waals surface area contributed by atoms with Crippen molar-refractivity contribution in [3.05, 3.63) is 59.4 Å². The molecule has 3 rings (SSSR count). The monoisotopic (exact) mass is 308 g/mol. The van der Waals surface area contributed by atoms with E-state index in [2.05, 4.69) is 10.3 Å².